The van der Waals surface area contributed by atoms with Crippen molar-refractivity contribution in [1.82, 2.24) is 10.2 Å². The van der Waals surface area contributed by atoms with Gasteiger partial charge in [0.15, 0.2) is 0 Å². The second-order valence-corrected chi connectivity index (χ2v) is 6.18. The molecule has 0 saturated carbocycles. The van der Waals surface area contributed by atoms with E-state index in [0.717, 1.165) is 6.26 Å². The van der Waals surface area contributed by atoms with Crippen molar-refractivity contribution in [2.45, 2.75) is 19.4 Å². The van der Waals surface area contributed by atoms with Gasteiger partial charge in [-0.25, -0.2) is 8.42 Å². The average Bonchev–Trinajstić information content (AvgIpc) is 2.17. The van der Waals surface area contributed by atoms with E-state index in [1.165, 1.54) is 4.90 Å². The Kier molecular flexibility index (Phi) is 3.90. The maximum absolute atomic E-state index is 11.7. The molecule has 2 amide bonds. The smallest absolute Gasteiger partial charge is 0.245 e. The summed E-state index contributed by atoms with van der Waals surface area (Å²) in [5, 5.41) is 2.56. The van der Waals surface area contributed by atoms with Crippen molar-refractivity contribution in [2.24, 2.45) is 0 Å². The lowest BCUT2D eigenvalue weighted by atomic mass is 10.1. The molecule has 1 rings (SSSR count). The molecule has 0 aromatic rings. The molecular weight excluding hydrogens is 232 g/mol. The Labute approximate surface area is 94.9 Å². The van der Waals surface area contributed by atoms with Gasteiger partial charge in [0.2, 0.25) is 11.8 Å². The lowest BCUT2D eigenvalue weighted by Crippen LogP contribution is -2.58. The van der Waals surface area contributed by atoms with Crippen LogP contribution in [0.2, 0.25) is 0 Å². The van der Waals surface area contributed by atoms with Crippen molar-refractivity contribution in [3.63, 3.8) is 0 Å². The second kappa shape index (κ2) is 4.82. The lowest BCUT2D eigenvalue weighted by molar-refractivity contribution is -0.144. The second-order valence-electron chi connectivity index (χ2n) is 3.92. The van der Waals surface area contributed by atoms with E-state index in [1.54, 1.807) is 6.92 Å². The van der Waals surface area contributed by atoms with Crippen LogP contribution in [-0.4, -0.2) is 56.3 Å². The highest BCUT2D eigenvalue weighted by molar-refractivity contribution is 7.90. The predicted molar refractivity (Wildman–Crippen MR) is 58.5 cm³/mol. The van der Waals surface area contributed by atoms with Crippen molar-refractivity contribution < 1.29 is 18.0 Å². The van der Waals surface area contributed by atoms with Gasteiger partial charge in [-0.15, -0.1) is 0 Å². The molecule has 1 saturated heterocycles. The summed E-state index contributed by atoms with van der Waals surface area (Å²) in [7, 11) is -3.11. The molecule has 1 aliphatic rings. The molecule has 1 unspecified atom stereocenters. The van der Waals surface area contributed by atoms with Crippen LogP contribution in [0.25, 0.3) is 0 Å². The number of carbonyl (C=O) groups is 2. The van der Waals surface area contributed by atoms with Gasteiger partial charge in [0.1, 0.15) is 15.9 Å². The van der Waals surface area contributed by atoms with Crippen molar-refractivity contribution in [3.05, 3.63) is 0 Å². The molecule has 1 atom stereocenters. The van der Waals surface area contributed by atoms with Gasteiger partial charge in [0.05, 0.1) is 12.3 Å². The van der Waals surface area contributed by atoms with E-state index < -0.39 is 15.9 Å². The highest BCUT2D eigenvalue weighted by Crippen LogP contribution is 2.05. The summed E-state index contributed by atoms with van der Waals surface area (Å²) in [5.41, 5.74) is 0. The summed E-state index contributed by atoms with van der Waals surface area (Å²) in [6.45, 7) is 1.83. The fraction of sp³-hybridized carbons (Fsp3) is 0.778. The first-order chi connectivity index (χ1) is 7.33. The molecule has 0 aliphatic carbocycles. The Morgan fingerprint density at radius 1 is 1.44 bits per heavy atom. The maximum atomic E-state index is 11.7. The minimum absolute atomic E-state index is 0.0507. The van der Waals surface area contributed by atoms with E-state index in [4.69, 9.17) is 0 Å². The number of nitrogens with zero attached hydrogens (tertiary/aromatic N) is 1. The van der Waals surface area contributed by atoms with Crippen LogP contribution in [0.5, 0.6) is 0 Å². The number of amides is 2. The molecule has 6 nitrogen and oxygen atoms in total. The predicted octanol–water partition coefficient (Wildman–Crippen LogP) is -1.23. The number of carbonyl (C=O) groups excluding carboxylic acids is 2. The van der Waals surface area contributed by atoms with Crippen molar-refractivity contribution in [2.75, 3.05) is 25.1 Å². The zero-order valence-electron chi connectivity index (χ0n) is 9.39. The lowest BCUT2D eigenvalue weighted by Gasteiger charge is -2.31. The molecule has 16 heavy (non-hydrogen) atoms. The molecule has 92 valence electrons. The van der Waals surface area contributed by atoms with Gasteiger partial charge < -0.3 is 10.2 Å². The first-order valence-electron chi connectivity index (χ1n) is 5.09. The van der Waals surface area contributed by atoms with Crippen LogP contribution in [0.1, 0.15) is 13.3 Å². The molecule has 1 heterocycles. The fourth-order valence-electron chi connectivity index (χ4n) is 1.52. The van der Waals surface area contributed by atoms with E-state index in [2.05, 4.69) is 5.32 Å². The zero-order chi connectivity index (χ0) is 12.3. The number of piperazine rings is 1. The summed E-state index contributed by atoms with van der Waals surface area (Å²) < 4.78 is 21.9. The molecule has 0 aromatic heterocycles. The van der Waals surface area contributed by atoms with Crippen LogP contribution in [0.3, 0.4) is 0 Å². The molecule has 0 spiro atoms. The van der Waals surface area contributed by atoms with Gasteiger partial charge in [-0.2, -0.15) is 0 Å². The third-order valence-electron chi connectivity index (χ3n) is 2.42. The van der Waals surface area contributed by atoms with E-state index >= 15 is 0 Å². The first-order valence-corrected chi connectivity index (χ1v) is 7.15. The van der Waals surface area contributed by atoms with Crippen molar-refractivity contribution >= 4 is 21.7 Å². The van der Waals surface area contributed by atoms with Crippen LogP contribution in [0.4, 0.5) is 0 Å². The fourth-order valence-corrected chi connectivity index (χ4v) is 2.07. The topological polar surface area (TPSA) is 83.6 Å². The van der Waals surface area contributed by atoms with Gasteiger partial charge in [0.25, 0.3) is 0 Å². The van der Waals surface area contributed by atoms with E-state index in [9.17, 15) is 18.0 Å². The van der Waals surface area contributed by atoms with E-state index in [-0.39, 0.29) is 30.7 Å². The number of hydrogen-bond donors (Lipinski definition) is 1. The Balaban J connectivity index is 2.64. The van der Waals surface area contributed by atoms with Gasteiger partial charge in [-0.05, 0) is 6.42 Å². The number of sulfone groups is 1. The summed E-state index contributed by atoms with van der Waals surface area (Å²) in [5.74, 6) is -0.548. The van der Waals surface area contributed by atoms with Gasteiger partial charge in [-0.1, -0.05) is 6.92 Å². The molecule has 0 radical (unpaired) electrons. The quantitative estimate of drug-likeness (QED) is 0.675. The highest BCUT2D eigenvalue weighted by Gasteiger charge is 2.31. The Hall–Kier alpha value is -1.11. The third-order valence-corrected chi connectivity index (χ3v) is 3.34. The third kappa shape index (κ3) is 3.48. The molecule has 7 heteroatoms. The number of rotatable bonds is 4. The van der Waals surface area contributed by atoms with Crippen LogP contribution < -0.4 is 5.32 Å². The molecule has 1 aliphatic heterocycles. The van der Waals surface area contributed by atoms with Crippen LogP contribution in [0.15, 0.2) is 0 Å². The molecule has 0 bridgehead atoms. The molecule has 0 aromatic carbocycles. The Bertz CT molecular complexity index is 390. The van der Waals surface area contributed by atoms with Crippen LogP contribution >= 0.6 is 0 Å². The van der Waals surface area contributed by atoms with Gasteiger partial charge >= 0.3 is 0 Å². The van der Waals surface area contributed by atoms with Crippen molar-refractivity contribution in [3.8, 4) is 0 Å². The highest BCUT2D eigenvalue weighted by atomic mass is 32.2. The number of hydrogen-bond acceptors (Lipinski definition) is 4. The van der Waals surface area contributed by atoms with Crippen LogP contribution in [0, 0.1) is 0 Å². The van der Waals surface area contributed by atoms with Gasteiger partial charge in [-0.3, -0.25) is 9.59 Å². The minimum Gasteiger partial charge on any atom is -0.343 e. The first kappa shape index (κ1) is 13.0. The summed E-state index contributed by atoms with van der Waals surface area (Å²) in [6.07, 6.45) is 1.62. The Morgan fingerprint density at radius 2 is 2.06 bits per heavy atom. The molecule has 1 N–H and O–H groups in total. The largest absolute Gasteiger partial charge is 0.343 e. The SMILES string of the molecule is CCC1NC(=O)CN(CCS(C)(=O)=O)C1=O. The monoisotopic (exact) mass is 248 g/mol. The Morgan fingerprint density at radius 3 is 2.56 bits per heavy atom. The maximum Gasteiger partial charge on any atom is 0.245 e. The average molecular weight is 248 g/mol. The summed E-state index contributed by atoms with van der Waals surface area (Å²) in [4.78, 5) is 24.3. The van der Waals surface area contributed by atoms with E-state index in [1.807, 2.05) is 0 Å². The normalized spacial score (nSPS) is 22.1. The standard InChI is InChI=1S/C9H16N2O4S/c1-3-7-9(13)11(6-8(12)10-7)4-5-16(2,14)15/h7H,3-6H2,1-2H3,(H,10,12). The van der Waals surface area contributed by atoms with Gasteiger partial charge in [0, 0.05) is 12.8 Å². The number of nitrogens with one attached hydrogen (secondary N) is 1. The molecule has 1 fully saturated rings. The minimum atomic E-state index is -3.11. The zero-order valence-corrected chi connectivity index (χ0v) is 10.2. The summed E-state index contributed by atoms with van der Waals surface area (Å²) in [6, 6.07) is -0.513. The van der Waals surface area contributed by atoms with Crippen molar-refractivity contribution in [1.29, 1.82) is 0 Å². The van der Waals surface area contributed by atoms with Crippen LogP contribution in [-0.2, 0) is 19.4 Å². The molecular formula is C9H16N2O4S. The van der Waals surface area contributed by atoms with E-state index in [0.29, 0.717) is 6.42 Å². The summed E-state index contributed by atoms with van der Waals surface area (Å²) >= 11 is 0.